The number of nitrogen functional groups attached to an aromatic ring is 1. The molecule has 2 amide bonds. The van der Waals surface area contributed by atoms with Crippen LogP contribution in [0.15, 0.2) is 54.6 Å². The predicted molar refractivity (Wildman–Crippen MR) is 87.0 cm³/mol. The second-order valence-electron chi connectivity index (χ2n) is 5.26. The highest BCUT2D eigenvalue weighted by Crippen LogP contribution is 2.13. The number of hydrogen-bond donors (Lipinski definition) is 2. The molecule has 0 saturated carbocycles. The van der Waals surface area contributed by atoms with E-state index in [9.17, 15) is 4.79 Å². The van der Waals surface area contributed by atoms with Gasteiger partial charge in [-0.15, -0.1) is 0 Å². The predicted octanol–water partition coefficient (Wildman–Crippen LogP) is 3.71. The first-order valence-electron chi connectivity index (χ1n) is 7.03. The topological polar surface area (TPSA) is 58.4 Å². The standard InChI is InChI=1S/C17H21N3O/c1-13(2)20(12-14-8-10-15(18)11-9-14)17(21)19-16-6-4-3-5-7-16/h3-11,13H,12,18H2,1-2H3,(H,19,21). The largest absolute Gasteiger partial charge is 0.399 e. The molecule has 2 aromatic carbocycles. The number of nitrogens with two attached hydrogens (primary N) is 1. The summed E-state index contributed by atoms with van der Waals surface area (Å²) in [6.07, 6.45) is 0. The molecule has 0 heterocycles. The maximum absolute atomic E-state index is 12.4. The first kappa shape index (κ1) is 14.9. The third-order valence-corrected chi connectivity index (χ3v) is 3.24. The molecule has 21 heavy (non-hydrogen) atoms. The fourth-order valence-corrected chi connectivity index (χ4v) is 2.03. The zero-order chi connectivity index (χ0) is 15.2. The summed E-state index contributed by atoms with van der Waals surface area (Å²) in [5, 5.41) is 2.92. The summed E-state index contributed by atoms with van der Waals surface area (Å²) < 4.78 is 0. The van der Waals surface area contributed by atoms with Crippen molar-refractivity contribution >= 4 is 17.4 Å². The van der Waals surface area contributed by atoms with Crippen LogP contribution in [0.4, 0.5) is 16.2 Å². The zero-order valence-corrected chi connectivity index (χ0v) is 12.4. The van der Waals surface area contributed by atoms with Crippen molar-refractivity contribution in [3.05, 3.63) is 60.2 Å². The number of nitrogens with zero attached hydrogens (tertiary/aromatic N) is 1. The van der Waals surface area contributed by atoms with E-state index in [2.05, 4.69) is 5.32 Å². The molecule has 110 valence electrons. The quantitative estimate of drug-likeness (QED) is 0.840. The highest BCUT2D eigenvalue weighted by molar-refractivity contribution is 5.89. The van der Waals surface area contributed by atoms with Gasteiger partial charge >= 0.3 is 6.03 Å². The summed E-state index contributed by atoms with van der Waals surface area (Å²) in [5.74, 6) is 0. The van der Waals surface area contributed by atoms with Gasteiger partial charge in [0.2, 0.25) is 0 Å². The molecule has 0 aromatic heterocycles. The molecular weight excluding hydrogens is 262 g/mol. The number of carbonyl (C=O) groups excluding carboxylic acids is 1. The minimum atomic E-state index is -0.104. The van der Waals surface area contributed by atoms with Crippen molar-refractivity contribution in [2.24, 2.45) is 0 Å². The van der Waals surface area contributed by atoms with Crippen molar-refractivity contribution in [3.8, 4) is 0 Å². The van der Waals surface area contributed by atoms with E-state index in [1.54, 1.807) is 4.90 Å². The maximum atomic E-state index is 12.4. The van der Waals surface area contributed by atoms with Crippen LogP contribution in [0.2, 0.25) is 0 Å². The van der Waals surface area contributed by atoms with Gasteiger partial charge in [0.25, 0.3) is 0 Å². The highest BCUT2D eigenvalue weighted by Gasteiger charge is 2.17. The zero-order valence-electron chi connectivity index (χ0n) is 12.4. The van der Waals surface area contributed by atoms with Gasteiger partial charge in [0.1, 0.15) is 0 Å². The minimum absolute atomic E-state index is 0.103. The lowest BCUT2D eigenvalue weighted by Gasteiger charge is -2.27. The third-order valence-electron chi connectivity index (χ3n) is 3.24. The van der Waals surface area contributed by atoms with E-state index in [4.69, 9.17) is 5.73 Å². The number of amides is 2. The number of urea groups is 1. The van der Waals surface area contributed by atoms with Crippen LogP contribution in [0, 0.1) is 0 Å². The summed E-state index contributed by atoms with van der Waals surface area (Å²) in [6, 6.07) is 17.1. The summed E-state index contributed by atoms with van der Waals surface area (Å²) in [7, 11) is 0. The Labute approximate surface area is 125 Å². The van der Waals surface area contributed by atoms with Gasteiger partial charge in [-0.25, -0.2) is 4.79 Å². The number of carbonyl (C=O) groups is 1. The van der Waals surface area contributed by atoms with Crippen LogP contribution in [0.25, 0.3) is 0 Å². The first-order valence-corrected chi connectivity index (χ1v) is 7.03. The van der Waals surface area contributed by atoms with Crippen LogP contribution in [0.1, 0.15) is 19.4 Å². The van der Waals surface area contributed by atoms with Crippen LogP contribution < -0.4 is 11.1 Å². The smallest absolute Gasteiger partial charge is 0.322 e. The Hall–Kier alpha value is -2.49. The molecule has 4 nitrogen and oxygen atoms in total. The molecule has 2 aromatic rings. The molecular formula is C17H21N3O. The Morgan fingerprint density at radius 3 is 2.29 bits per heavy atom. The van der Waals surface area contributed by atoms with Crippen molar-refractivity contribution in [2.75, 3.05) is 11.1 Å². The average molecular weight is 283 g/mol. The summed E-state index contributed by atoms with van der Waals surface area (Å²) in [4.78, 5) is 14.2. The Kier molecular flexibility index (Phi) is 4.82. The van der Waals surface area contributed by atoms with Crippen LogP contribution in [0.3, 0.4) is 0 Å². The van der Waals surface area contributed by atoms with Gasteiger partial charge in [0.05, 0.1) is 0 Å². The van der Waals surface area contributed by atoms with Gasteiger partial charge in [0, 0.05) is 24.0 Å². The monoisotopic (exact) mass is 283 g/mol. The van der Waals surface area contributed by atoms with Crippen LogP contribution >= 0.6 is 0 Å². The van der Waals surface area contributed by atoms with E-state index in [1.807, 2.05) is 68.4 Å². The van der Waals surface area contributed by atoms with Crippen LogP contribution in [0.5, 0.6) is 0 Å². The molecule has 0 aliphatic heterocycles. The van der Waals surface area contributed by atoms with Gasteiger partial charge in [-0.2, -0.15) is 0 Å². The average Bonchev–Trinajstić information content (AvgIpc) is 2.47. The van der Waals surface area contributed by atoms with Gasteiger partial charge in [-0.1, -0.05) is 30.3 Å². The Bertz CT molecular complexity index is 579. The molecule has 0 radical (unpaired) electrons. The van der Waals surface area contributed by atoms with E-state index in [-0.39, 0.29) is 12.1 Å². The molecule has 0 bridgehead atoms. The van der Waals surface area contributed by atoms with Crippen molar-refractivity contribution in [1.29, 1.82) is 0 Å². The Morgan fingerprint density at radius 2 is 1.71 bits per heavy atom. The third kappa shape index (κ3) is 4.24. The van der Waals surface area contributed by atoms with E-state index in [0.29, 0.717) is 6.54 Å². The van der Waals surface area contributed by atoms with Gasteiger partial charge in [0.15, 0.2) is 0 Å². The first-order chi connectivity index (χ1) is 10.1. The summed E-state index contributed by atoms with van der Waals surface area (Å²) >= 11 is 0. The Balaban J connectivity index is 2.07. The second-order valence-corrected chi connectivity index (χ2v) is 5.26. The number of anilines is 2. The SMILES string of the molecule is CC(C)N(Cc1ccc(N)cc1)C(=O)Nc1ccccc1. The number of benzene rings is 2. The van der Waals surface area contributed by atoms with Crippen LogP contribution in [-0.4, -0.2) is 17.0 Å². The van der Waals surface area contributed by atoms with Crippen LogP contribution in [-0.2, 0) is 6.54 Å². The lowest BCUT2D eigenvalue weighted by Crippen LogP contribution is -2.39. The van der Waals surface area contributed by atoms with Crippen molar-refractivity contribution < 1.29 is 4.79 Å². The highest BCUT2D eigenvalue weighted by atomic mass is 16.2. The maximum Gasteiger partial charge on any atom is 0.322 e. The molecule has 0 aliphatic carbocycles. The van der Waals surface area contributed by atoms with E-state index in [0.717, 1.165) is 16.9 Å². The fraction of sp³-hybridized carbons (Fsp3) is 0.235. The van der Waals surface area contributed by atoms with Gasteiger partial charge in [-0.05, 0) is 43.7 Å². The molecule has 0 atom stereocenters. The molecule has 4 heteroatoms. The summed E-state index contributed by atoms with van der Waals surface area (Å²) in [5.41, 5.74) is 8.27. The molecule has 0 aliphatic rings. The number of nitrogens with one attached hydrogen (secondary N) is 1. The van der Waals surface area contributed by atoms with Crippen molar-refractivity contribution in [3.63, 3.8) is 0 Å². The van der Waals surface area contributed by atoms with E-state index in [1.165, 1.54) is 0 Å². The minimum Gasteiger partial charge on any atom is -0.399 e. The van der Waals surface area contributed by atoms with Gasteiger partial charge in [-0.3, -0.25) is 0 Å². The van der Waals surface area contributed by atoms with E-state index >= 15 is 0 Å². The van der Waals surface area contributed by atoms with Gasteiger partial charge < -0.3 is 16.0 Å². The lowest BCUT2D eigenvalue weighted by atomic mass is 10.2. The van der Waals surface area contributed by atoms with E-state index < -0.39 is 0 Å². The number of para-hydroxylation sites is 1. The number of hydrogen-bond acceptors (Lipinski definition) is 2. The van der Waals surface area contributed by atoms with Crippen molar-refractivity contribution in [1.82, 2.24) is 4.90 Å². The lowest BCUT2D eigenvalue weighted by molar-refractivity contribution is 0.193. The fourth-order valence-electron chi connectivity index (χ4n) is 2.03. The second kappa shape index (κ2) is 6.79. The van der Waals surface area contributed by atoms with Crippen molar-refractivity contribution in [2.45, 2.75) is 26.4 Å². The number of rotatable bonds is 4. The normalized spacial score (nSPS) is 10.4. The molecule has 3 N–H and O–H groups in total. The molecule has 0 spiro atoms. The molecule has 2 rings (SSSR count). The Morgan fingerprint density at radius 1 is 1.10 bits per heavy atom. The molecule has 0 fully saturated rings. The molecule has 0 unspecified atom stereocenters. The molecule has 0 saturated heterocycles. The summed E-state index contributed by atoms with van der Waals surface area (Å²) in [6.45, 7) is 4.56.